The van der Waals surface area contributed by atoms with Crippen LogP contribution < -0.4 is 10.6 Å². The molecule has 0 saturated carbocycles. The van der Waals surface area contributed by atoms with Crippen molar-refractivity contribution in [3.8, 4) is 0 Å². The third-order valence-electron chi connectivity index (χ3n) is 1.78. The van der Waals surface area contributed by atoms with Gasteiger partial charge in [0.15, 0.2) is 5.11 Å². The van der Waals surface area contributed by atoms with Crippen molar-refractivity contribution in [3.05, 3.63) is 24.0 Å². The van der Waals surface area contributed by atoms with Crippen molar-refractivity contribution in [2.45, 2.75) is 5.75 Å². The monoisotopic (exact) mass is 258 g/mol. The second-order valence-corrected chi connectivity index (χ2v) is 4.99. The van der Waals surface area contributed by atoms with Gasteiger partial charge in [-0.05, 0) is 24.4 Å². The fourth-order valence-corrected chi connectivity index (χ4v) is 2.07. The SMILES string of the molecule is CNC(=S)NCCS(=O)Cc1cccnn1. The molecule has 1 atom stereocenters. The van der Waals surface area contributed by atoms with E-state index in [2.05, 4.69) is 20.8 Å². The van der Waals surface area contributed by atoms with E-state index in [9.17, 15) is 4.21 Å². The molecule has 2 N–H and O–H groups in total. The molecule has 1 heterocycles. The summed E-state index contributed by atoms with van der Waals surface area (Å²) in [4.78, 5) is 0. The molecule has 1 aromatic heterocycles. The Hall–Kier alpha value is -1.08. The molecule has 1 rings (SSSR count). The Morgan fingerprint density at radius 2 is 2.44 bits per heavy atom. The number of nitrogens with zero attached hydrogens (tertiary/aromatic N) is 2. The molecule has 0 saturated heterocycles. The van der Waals surface area contributed by atoms with Crippen LogP contribution in [0.5, 0.6) is 0 Å². The largest absolute Gasteiger partial charge is 0.366 e. The molecule has 5 nitrogen and oxygen atoms in total. The minimum atomic E-state index is -0.942. The number of hydrogen-bond acceptors (Lipinski definition) is 4. The van der Waals surface area contributed by atoms with Crippen molar-refractivity contribution >= 4 is 28.1 Å². The standard InChI is InChI=1S/C9H14N4OS2/c1-10-9(15)11-5-6-16(14)7-8-3-2-4-12-13-8/h2-4H,5-7H2,1H3,(H2,10,11,15). The van der Waals surface area contributed by atoms with Crippen molar-refractivity contribution < 1.29 is 4.21 Å². The van der Waals surface area contributed by atoms with E-state index >= 15 is 0 Å². The smallest absolute Gasteiger partial charge is 0.166 e. The number of hydrogen-bond donors (Lipinski definition) is 2. The number of nitrogens with one attached hydrogen (secondary N) is 2. The highest BCUT2D eigenvalue weighted by Gasteiger charge is 2.03. The molecule has 16 heavy (non-hydrogen) atoms. The van der Waals surface area contributed by atoms with Crippen LogP contribution in [0.2, 0.25) is 0 Å². The first-order chi connectivity index (χ1) is 7.72. The molecule has 0 aliphatic heterocycles. The van der Waals surface area contributed by atoms with Gasteiger partial charge < -0.3 is 10.6 Å². The van der Waals surface area contributed by atoms with Gasteiger partial charge in [0, 0.05) is 36.3 Å². The Labute approximate surface area is 102 Å². The lowest BCUT2D eigenvalue weighted by Crippen LogP contribution is -2.35. The van der Waals surface area contributed by atoms with E-state index in [1.165, 1.54) is 0 Å². The molecule has 7 heteroatoms. The van der Waals surface area contributed by atoms with Gasteiger partial charge in [-0.25, -0.2) is 0 Å². The zero-order valence-corrected chi connectivity index (χ0v) is 10.6. The highest BCUT2D eigenvalue weighted by atomic mass is 32.2. The van der Waals surface area contributed by atoms with Gasteiger partial charge in [-0.1, -0.05) is 0 Å². The first-order valence-corrected chi connectivity index (χ1v) is 6.69. The van der Waals surface area contributed by atoms with E-state index in [0.717, 1.165) is 5.69 Å². The molecule has 0 fully saturated rings. The van der Waals surface area contributed by atoms with Crippen LogP contribution in [0.25, 0.3) is 0 Å². The average Bonchev–Trinajstić information content (AvgIpc) is 2.30. The zero-order chi connectivity index (χ0) is 11.8. The summed E-state index contributed by atoms with van der Waals surface area (Å²) in [5, 5.41) is 13.9. The molecule has 0 aliphatic carbocycles. The van der Waals surface area contributed by atoms with Gasteiger partial charge in [0.25, 0.3) is 0 Å². The van der Waals surface area contributed by atoms with Crippen molar-refractivity contribution in [1.82, 2.24) is 20.8 Å². The Morgan fingerprint density at radius 1 is 1.62 bits per heavy atom. The highest BCUT2D eigenvalue weighted by molar-refractivity contribution is 7.84. The maximum atomic E-state index is 11.6. The summed E-state index contributed by atoms with van der Waals surface area (Å²) in [6, 6.07) is 3.60. The van der Waals surface area contributed by atoms with Crippen LogP contribution in [0.4, 0.5) is 0 Å². The van der Waals surface area contributed by atoms with Crippen molar-refractivity contribution in [2.75, 3.05) is 19.3 Å². The van der Waals surface area contributed by atoms with Crippen LogP contribution in [-0.4, -0.2) is 38.9 Å². The Balaban J connectivity index is 2.24. The zero-order valence-electron chi connectivity index (χ0n) is 8.97. The Bertz CT molecular complexity index is 358. The molecule has 0 bridgehead atoms. The van der Waals surface area contributed by atoms with Gasteiger partial charge in [-0.15, -0.1) is 0 Å². The summed E-state index contributed by atoms with van der Waals surface area (Å²) in [7, 11) is 0.800. The molecule has 1 aromatic rings. The molecule has 1 unspecified atom stereocenters. The van der Waals surface area contributed by atoms with E-state index in [-0.39, 0.29) is 0 Å². The van der Waals surface area contributed by atoms with E-state index in [0.29, 0.717) is 23.2 Å². The normalized spacial score (nSPS) is 11.8. The predicted octanol–water partition coefficient (Wildman–Crippen LogP) is -0.181. The summed E-state index contributed by atoms with van der Waals surface area (Å²) in [5.41, 5.74) is 0.747. The van der Waals surface area contributed by atoms with Crippen LogP contribution in [0, 0.1) is 0 Å². The van der Waals surface area contributed by atoms with E-state index < -0.39 is 10.8 Å². The molecule has 0 spiro atoms. The molecular formula is C9H14N4OS2. The van der Waals surface area contributed by atoms with Gasteiger partial charge >= 0.3 is 0 Å². The number of rotatable bonds is 5. The lowest BCUT2D eigenvalue weighted by Gasteiger charge is -2.06. The number of thiocarbonyl (C=S) groups is 1. The summed E-state index contributed by atoms with van der Waals surface area (Å²) in [6.45, 7) is 0.590. The third kappa shape index (κ3) is 5.13. The van der Waals surface area contributed by atoms with Crippen LogP contribution >= 0.6 is 12.2 Å². The van der Waals surface area contributed by atoms with Crippen molar-refractivity contribution in [2.24, 2.45) is 0 Å². The fraction of sp³-hybridized carbons (Fsp3) is 0.444. The molecule has 0 aromatic carbocycles. The van der Waals surface area contributed by atoms with E-state index in [1.807, 2.05) is 6.07 Å². The first-order valence-electron chi connectivity index (χ1n) is 4.79. The topological polar surface area (TPSA) is 66.9 Å². The second kappa shape index (κ2) is 7.24. The summed E-state index contributed by atoms with van der Waals surface area (Å²) < 4.78 is 11.6. The lowest BCUT2D eigenvalue weighted by atomic mass is 10.4. The van der Waals surface area contributed by atoms with Crippen LogP contribution in [0.3, 0.4) is 0 Å². The van der Waals surface area contributed by atoms with E-state index in [1.54, 1.807) is 19.3 Å². The molecular weight excluding hydrogens is 244 g/mol. The lowest BCUT2D eigenvalue weighted by molar-refractivity contribution is 0.680. The van der Waals surface area contributed by atoms with Gasteiger partial charge in [0.05, 0.1) is 11.4 Å². The second-order valence-electron chi connectivity index (χ2n) is 3.01. The van der Waals surface area contributed by atoms with Crippen LogP contribution in [0.15, 0.2) is 18.3 Å². The molecule has 88 valence electrons. The predicted molar refractivity (Wildman–Crippen MR) is 68.4 cm³/mol. The maximum absolute atomic E-state index is 11.6. The van der Waals surface area contributed by atoms with Gasteiger partial charge in [-0.2, -0.15) is 10.2 Å². The molecule has 0 radical (unpaired) electrons. The Morgan fingerprint density at radius 3 is 3.06 bits per heavy atom. The highest BCUT2D eigenvalue weighted by Crippen LogP contribution is 1.96. The van der Waals surface area contributed by atoms with Crippen LogP contribution in [0.1, 0.15) is 5.69 Å². The van der Waals surface area contributed by atoms with E-state index in [4.69, 9.17) is 12.2 Å². The fourth-order valence-electron chi connectivity index (χ4n) is 1.01. The van der Waals surface area contributed by atoms with Crippen molar-refractivity contribution in [3.63, 3.8) is 0 Å². The Kier molecular flexibility index (Phi) is 5.87. The molecule has 0 aliphatic rings. The van der Waals surface area contributed by atoms with Gasteiger partial charge in [-0.3, -0.25) is 4.21 Å². The summed E-state index contributed by atoms with van der Waals surface area (Å²) in [5.74, 6) is 0.972. The summed E-state index contributed by atoms with van der Waals surface area (Å²) >= 11 is 4.89. The third-order valence-corrected chi connectivity index (χ3v) is 3.40. The minimum absolute atomic E-state index is 0.432. The summed E-state index contributed by atoms with van der Waals surface area (Å²) in [6.07, 6.45) is 1.60. The minimum Gasteiger partial charge on any atom is -0.366 e. The maximum Gasteiger partial charge on any atom is 0.166 e. The average molecular weight is 258 g/mol. The number of aromatic nitrogens is 2. The molecule has 0 amide bonds. The van der Waals surface area contributed by atoms with Gasteiger partial charge in [0.1, 0.15) is 0 Å². The quantitative estimate of drug-likeness (QED) is 0.714. The van der Waals surface area contributed by atoms with Crippen LogP contribution in [-0.2, 0) is 16.6 Å². The van der Waals surface area contributed by atoms with Gasteiger partial charge in [0.2, 0.25) is 0 Å². The van der Waals surface area contributed by atoms with Crippen molar-refractivity contribution in [1.29, 1.82) is 0 Å². The first kappa shape index (κ1) is 13.0.